The Kier molecular flexibility index (Phi) is 3.50. The summed E-state index contributed by atoms with van der Waals surface area (Å²) in [6, 6.07) is 0. The largest absolute Gasteiger partial charge is 0.480 e. The Morgan fingerprint density at radius 2 is 1.62 bits per heavy atom. The van der Waals surface area contributed by atoms with Gasteiger partial charge in [0.25, 0.3) is 0 Å². The molecule has 0 unspecified atom stereocenters. The first-order valence-electron chi connectivity index (χ1n) is 9.47. The Labute approximate surface area is 141 Å². The molecule has 0 aromatic carbocycles. The molecule has 5 aliphatic carbocycles. The van der Waals surface area contributed by atoms with E-state index in [1.54, 1.807) is 0 Å². The summed E-state index contributed by atoms with van der Waals surface area (Å²) < 4.78 is 12.0. The van der Waals surface area contributed by atoms with Crippen LogP contribution in [0.4, 0.5) is 0 Å². The predicted octanol–water partition coefficient (Wildman–Crippen LogP) is 2.86. The van der Waals surface area contributed by atoms with Crippen LogP contribution in [0.3, 0.4) is 0 Å². The highest BCUT2D eigenvalue weighted by atomic mass is 17.3. The summed E-state index contributed by atoms with van der Waals surface area (Å²) in [5.41, 5.74) is 0. The van der Waals surface area contributed by atoms with Gasteiger partial charge in [0.2, 0.25) is 11.6 Å². The standard InChI is InChI=1S/C18H26O6/c19-16(20)10-21-15-1-3-17(4-2-15)22-18(24-23-17)13-6-11-5-12(8-13)9-14(18)7-11/h11-15H,1-10H2,(H,19,20)/t11?,12?,13?,14?,15?,17-,18-. The topological polar surface area (TPSA) is 74.2 Å². The van der Waals surface area contributed by atoms with Crippen LogP contribution in [-0.4, -0.2) is 35.4 Å². The van der Waals surface area contributed by atoms with E-state index in [2.05, 4.69) is 0 Å². The fourth-order valence-corrected chi connectivity index (χ4v) is 6.18. The van der Waals surface area contributed by atoms with E-state index < -0.39 is 17.5 Å². The first-order valence-corrected chi connectivity index (χ1v) is 9.47. The van der Waals surface area contributed by atoms with Crippen molar-refractivity contribution in [1.29, 1.82) is 0 Å². The normalized spacial score (nSPS) is 52.4. The van der Waals surface area contributed by atoms with Gasteiger partial charge in [0, 0.05) is 24.7 Å². The summed E-state index contributed by atoms with van der Waals surface area (Å²) >= 11 is 0. The summed E-state index contributed by atoms with van der Waals surface area (Å²) in [4.78, 5) is 22.5. The Balaban J connectivity index is 1.26. The third-order valence-electron chi connectivity index (χ3n) is 7.08. The molecule has 6 aliphatic rings. The van der Waals surface area contributed by atoms with Crippen LogP contribution in [0.25, 0.3) is 0 Å². The maximum absolute atomic E-state index is 10.6. The van der Waals surface area contributed by atoms with Crippen LogP contribution < -0.4 is 0 Å². The molecule has 0 radical (unpaired) electrons. The van der Waals surface area contributed by atoms with Gasteiger partial charge in [-0.1, -0.05) is 0 Å². The minimum Gasteiger partial charge on any atom is -0.480 e. The number of aliphatic carboxylic acids is 1. The Hall–Kier alpha value is -0.690. The number of ether oxygens (including phenoxy) is 2. The lowest BCUT2D eigenvalue weighted by molar-refractivity contribution is -0.390. The molecule has 2 spiro atoms. The van der Waals surface area contributed by atoms with Gasteiger partial charge in [-0.25, -0.2) is 4.79 Å². The van der Waals surface area contributed by atoms with Crippen molar-refractivity contribution in [3.05, 3.63) is 0 Å². The van der Waals surface area contributed by atoms with E-state index in [4.69, 9.17) is 24.4 Å². The quantitative estimate of drug-likeness (QED) is 0.798. The zero-order valence-electron chi connectivity index (χ0n) is 13.9. The number of hydrogen-bond donors (Lipinski definition) is 1. The predicted molar refractivity (Wildman–Crippen MR) is 81.6 cm³/mol. The monoisotopic (exact) mass is 338 g/mol. The molecule has 6 rings (SSSR count). The van der Waals surface area contributed by atoms with Gasteiger partial charge in [-0.2, -0.15) is 9.78 Å². The van der Waals surface area contributed by atoms with Gasteiger partial charge >= 0.3 is 5.97 Å². The van der Waals surface area contributed by atoms with Crippen molar-refractivity contribution < 1.29 is 29.1 Å². The van der Waals surface area contributed by atoms with Crippen LogP contribution in [0.2, 0.25) is 0 Å². The van der Waals surface area contributed by atoms with Crippen molar-refractivity contribution in [2.24, 2.45) is 23.7 Å². The van der Waals surface area contributed by atoms with E-state index in [1.807, 2.05) is 0 Å². The summed E-state index contributed by atoms with van der Waals surface area (Å²) in [6.07, 6.45) is 9.20. The lowest BCUT2D eigenvalue weighted by Gasteiger charge is -2.57. The minimum absolute atomic E-state index is 0.0195. The first-order chi connectivity index (χ1) is 11.6. The summed E-state index contributed by atoms with van der Waals surface area (Å²) in [6.45, 7) is -0.229. The number of carboxylic acids is 1. The van der Waals surface area contributed by atoms with Crippen molar-refractivity contribution >= 4 is 5.97 Å². The minimum atomic E-state index is -0.917. The second-order valence-electron chi connectivity index (χ2n) is 8.61. The number of carbonyl (C=O) groups is 1. The van der Waals surface area contributed by atoms with Crippen molar-refractivity contribution in [2.75, 3.05) is 6.61 Å². The molecule has 0 atom stereocenters. The van der Waals surface area contributed by atoms with E-state index in [0.29, 0.717) is 24.7 Å². The number of rotatable bonds is 3. The van der Waals surface area contributed by atoms with Gasteiger partial charge in [0.1, 0.15) is 6.61 Å². The van der Waals surface area contributed by atoms with Crippen LogP contribution >= 0.6 is 0 Å². The first kappa shape index (κ1) is 15.6. The molecule has 0 amide bonds. The molecular weight excluding hydrogens is 312 g/mol. The molecule has 1 heterocycles. The van der Waals surface area contributed by atoms with Crippen molar-refractivity contribution in [1.82, 2.24) is 0 Å². The Bertz CT molecular complexity index is 496. The SMILES string of the molecule is O=C(O)COC1CC[C@]2(CC1)OO[C@]1(O2)C2CC3CC(C2)CC1C3. The average molecular weight is 338 g/mol. The van der Waals surface area contributed by atoms with Crippen LogP contribution in [0.15, 0.2) is 0 Å². The molecule has 6 heteroatoms. The molecule has 5 saturated carbocycles. The summed E-state index contributed by atoms with van der Waals surface area (Å²) in [5.74, 6) is 0.618. The fraction of sp³-hybridized carbons (Fsp3) is 0.944. The molecule has 1 saturated heterocycles. The van der Waals surface area contributed by atoms with Crippen LogP contribution in [-0.2, 0) is 24.0 Å². The third-order valence-corrected chi connectivity index (χ3v) is 7.08. The van der Waals surface area contributed by atoms with E-state index in [1.165, 1.54) is 32.1 Å². The third kappa shape index (κ3) is 2.34. The highest BCUT2D eigenvalue weighted by molar-refractivity contribution is 5.68. The molecule has 1 N–H and O–H groups in total. The van der Waals surface area contributed by atoms with E-state index >= 15 is 0 Å². The molecule has 1 aliphatic heterocycles. The van der Waals surface area contributed by atoms with E-state index in [-0.39, 0.29) is 12.7 Å². The summed E-state index contributed by atoms with van der Waals surface area (Å²) in [5, 5.41) is 8.74. The lowest BCUT2D eigenvalue weighted by Crippen LogP contribution is -2.59. The number of carboxylic acid groups (broad SMARTS) is 1. The maximum Gasteiger partial charge on any atom is 0.329 e. The molecule has 6 fully saturated rings. The van der Waals surface area contributed by atoms with Gasteiger partial charge in [0.15, 0.2) is 0 Å². The van der Waals surface area contributed by atoms with E-state index in [9.17, 15) is 4.79 Å². The molecular formula is C18H26O6. The average Bonchev–Trinajstić information content (AvgIpc) is 2.92. The van der Waals surface area contributed by atoms with Crippen LogP contribution in [0, 0.1) is 23.7 Å². The van der Waals surface area contributed by atoms with Crippen molar-refractivity contribution in [3.8, 4) is 0 Å². The smallest absolute Gasteiger partial charge is 0.329 e. The molecule has 6 nitrogen and oxygen atoms in total. The lowest BCUT2D eigenvalue weighted by atomic mass is 9.53. The molecule has 0 aromatic heterocycles. The molecule has 0 aromatic rings. The summed E-state index contributed by atoms with van der Waals surface area (Å²) in [7, 11) is 0. The molecule has 4 bridgehead atoms. The van der Waals surface area contributed by atoms with Gasteiger partial charge in [-0.3, -0.25) is 0 Å². The van der Waals surface area contributed by atoms with Gasteiger partial charge in [-0.05, 0) is 56.8 Å². The number of hydrogen-bond acceptors (Lipinski definition) is 5. The zero-order chi connectivity index (χ0) is 16.4. The fourth-order valence-electron chi connectivity index (χ4n) is 6.18. The van der Waals surface area contributed by atoms with Crippen molar-refractivity contribution in [3.63, 3.8) is 0 Å². The van der Waals surface area contributed by atoms with Gasteiger partial charge < -0.3 is 14.6 Å². The van der Waals surface area contributed by atoms with Crippen molar-refractivity contribution in [2.45, 2.75) is 75.5 Å². The second-order valence-corrected chi connectivity index (χ2v) is 8.61. The highest BCUT2D eigenvalue weighted by Crippen LogP contribution is 2.63. The van der Waals surface area contributed by atoms with E-state index in [0.717, 1.165) is 24.7 Å². The molecule has 134 valence electrons. The van der Waals surface area contributed by atoms with Gasteiger partial charge in [0.05, 0.1) is 6.10 Å². The second kappa shape index (κ2) is 5.40. The highest BCUT2D eigenvalue weighted by Gasteiger charge is 2.66. The Morgan fingerprint density at radius 3 is 2.21 bits per heavy atom. The zero-order valence-corrected chi connectivity index (χ0v) is 13.9. The Morgan fingerprint density at radius 1 is 1.00 bits per heavy atom. The van der Waals surface area contributed by atoms with Gasteiger partial charge in [-0.15, -0.1) is 0 Å². The van der Waals surface area contributed by atoms with Crippen LogP contribution in [0.1, 0.15) is 57.8 Å². The van der Waals surface area contributed by atoms with Crippen LogP contribution in [0.5, 0.6) is 0 Å². The maximum atomic E-state index is 10.6. The molecule has 24 heavy (non-hydrogen) atoms.